The summed E-state index contributed by atoms with van der Waals surface area (Å²) >= 11 is 3.24. The van der Waals surface area contributed by atoms with Gasteiger partial charge in [-0.15, -0.1) is 8.78 Å². The molecule has 6 nitrogen and oxygen atoms in total. The van der Waals surface area contributed by atoms with Gasteiger partial charge in [-0.2, -0.15) is 4.98 Å². The highest BCUT2D eigenvalue weighted by Gasteiger charge is 2.28. The second kappa shape index (κ2) is 7.03. The van der Waals surface area contributed by atoms with Gasteiger partial charge in [-0.1, -0.05) is 0 Å². The van der Waals surface area contributed by atoms with E-state index >= 15 is 0 Å². The zero-order valence-electron chi connectivity index (χ0n) is 12.8. The Kier molecular flexibility index (Phi) is 4.98. The summed E-state index contributed by atoms with van der Waals surface area (Å²) in [5.41, 5.74) is -2.37. The van der Waals surface area contributed by atoms with Gasteiger partial charge in [0.05, 0.1) is 23.8 Å². The molecule has 0 fully saturated rings. The van der Waals surface area contributed by atoms with Crippen LogP contribution in [0.3, 0.4) is 0 Å². The van der Waals surface area contributed by atoms with Crippen LogP contribution in [-0.4, -0.2) is 32.2 Å². The summed E-state index contributed by atoms with van der Waals surface area (Å²) in [5, 5.41) is 0.203. The molecule has 0 aliphatic carbocycles. The molecule has 2 aromatic heterocycles. The SMILES string of the molecule is COc1ccnc(C[S+]([O-])c2nc3cc(OC(F)(F)Cl)ccc3[nH]2)c1. The Hall–Kier alpha value is -2.10. The van der Waals surface area contributed by atoms with Crippen LogP contribution in [-0.2, 0) is 16.9 Å². The van der Waals surface area contributed by atoms with Gasteiger partial charge in [-0.25, -0.2) is 0 Å². The Morgan fingerprint density at radius 1 is 1.28 bits per heavy atom. The average Bonchev–Trinajstić information content (AvgIpc) is 2.97. The summed E-state index contributed by atoms with van der Waals surface area (Å²) in [6.45, 7) is 0. The largest absolute Gasteiger partial charge is 0.609 e. The first-order chi connectivity index (χ1) is 11.8. The van der Waals surface area contributed by atoms with Crippen molar-refractivity contribution < 1.29 is 22.8 Å². The molecule has 0 aliphatic rings. The molecule has 0 radical (unpaired) electrons. The predicted octanol–water partition coefficient (Wildman–Crippen LogP) is 3.44. The number of aromatic nitrogens is 3. The summed E-state index contributed by atoms with van der Waals surface area (Å²) in [4.78, 5) is 11.2. The van der Waals surface area contributed by atoms with Crippen LogP contribution >= 0.6 is 11.6 Å². The molecule has 3 rings (SSSR count). The maximum absolute atomic E-state index is 12.7. The average molecular weight is 388 g/mol. The van der Waals surface area contributed by atoms with Crippen molar-refractivity contribution in [3.8, 4) is 11.5 Å². The van der Waals surface area contributed by atoms with Gasteiger partial charge in [-0.05, 0) is 18.2 Å². The summed E-state index contributed by atoms with van der Waals surface area (Å²) in [6, 6.07) is 7.45. The highest BCUT2D eigenvalue weighted by Crippen LogP contribution is 2.28. The van der Waals surface area contributed by atoms with Gasteiger partial charge in [0, 0.05) is 41.1 Å². The van der Waals surface area contributed by atoms with E-state index in [2.05, 4.69) is 19.7 Å². The van der Waals surface area contributed by atoms with Gasteiger partial charge in [-0.3, -0.25) is 9.97 Å². The number of pyridine rings is 1. The molecule has 1 aromatic carbocycles. The summed E-state index contributed by atoms with van der Waals surface area (Å²) in [5.74, 6) is 0.585. The molecule has 10 heteroatoms. The van der Waals surface area contributed by atoms with Gasteiger partial charge in [0.25, 0.3) is 0 Å². The van der Waals surface area contributed by atoms with Gasteiger partial charge in [0.2, 0.25) is 0 Å². The number of methoxy groups -OCH3 is 1. The number of ether oxygens (including phenoxy) is 2. The smallest absolute Gasteiger partial charge is 0.487 e. The van der Waals surface area contributed by atoms with Crippen LogP contribution < -0.4 is 9.47 Å². The molecule has 25 heavy (non-hydrogen) atoms. The highest BCUT2D eigenvalue weighted by atomic mass is 35.5. The van der Waals surface area contributed by atoms with E-state index in [0.717, 1.165) is 0 Å². The normalized spacial score (nSPS) is 13.0. The number of alkyl halides is 3. The number of hydrogen-bond acceptors (Lipinski definition) is 5. The van der Waals surface area contributed by atoms with Gasteiger partial charge >= 0.3 is 10.7 Å². The number of imidazole rings is 1. The minimum absolute atomic E-state index is 0.125. The van der Waals surface area contributed by atoms with E-state index in [1.54, 1.807) is 18.3 Å². The van der Waals surface area contributed by atoms with Gasteiger partial charge < -0.3 is 14.0 Å². The van der Waals surface area contributed by atoms with Crippen molar-refractivity contribution in [2.24, 2.45) is 0 Å². The van der Waals surface area contributed by atoms with E-state index in [-0.39, 0.29) is 16.7 Å². The highest BCUT2D eigenvalue weighted by molar-refractivity contribution is 7.90. The molecule has 0 aliphatic heterocycles. The molecule has 1 atom stereocenters. The fourth-order valence-corrected chi connectivity index (χ4v) is 3.21. The number of rotatable bonds is 6. The third-order valence-corrected chi connectivity index (χ3v) is 4.44. The number of H-pyrrole nitrogens is 1. The van der Waals surface area contributed by atoms with Crippen LogP contribution in [0.2, 0.25) is 0 Å². The van der Waals surface area contributed by atoms with Crippen molar-refractivity contribution >= 4 is 33.8 Å². The number of benzene rings is 1. The fraction of sp³-hybridized carbons (Fsp3) is 0.200. The lowest BCUT2D eigenvalue weighted by Gasteiger charge is -2.09. The van der Waals surface area contributed by atoms with E-state index < -0.39 is 16.7 Å². The molecule has 132 valence electrons. The van der Waals surface area contributed by atoms with Crippen molar-refractivity contribution in [2.75, 3.05) is 7.11 Å². The Labute approximate surface area is 149 Å². The van der Waals surface area contributed by atoms with Crippen molar-refractivity contribution in [3.05, 3.63) is 42.2 Å². The van der Waals surface area contributed by atoms with Crippen LogP contribution in [0.25, 0.3) is 11.0 Å². The van der Waals surface area contributed by atoms with Crippen LogP contribution in [0.4, 0.5) is 8.78 Å². The third-order valence-electron chi connectivity index (χ3n) is 3.18. The third kappa shape index (κ3) is 4.50. The zero-order chi connectivity index (χ0) is 18.0. The standard InChI is InChI=1S/C15H12ClF2N3O3S/c1-23-10-4-5-19-9(6-10)8-25(22)14-20-12-3-2-11(7-13(12)21-14)24-15(16,17)18/h2-7H,8H2,1H3,(H,20,21). The summed E-state index contributed by atoms with van der Waals surface area (Å²) in [7, 11) is 1.53. The predicted molar refractivity (Wildman–Crippen MR) is 88.4 cm³/mol. The minimum Gasteiger partial charge on any atom is -0.609 e. The number of hydrogen-bond donors (Lipinski definition) is 1. The van der Waals surface area contributed by atoms with E-state index in [9.17, 15) is 13.3 Å². The Bertz CT molecular complexity index is 888. The molecule has 1 unspecified atom stereocenters. The van der Waals surface area contributed by atoms with E-state index in [1.165, 1.54) is 25.3 Å². The zero-order valence-corrected chi connectivity index (χ0v) is 14.4. The minimum atomic E-state index is -3.81. The monoisotopic (exact) mass is 387 g/mol. The second-order valence-electron chi connectivity index (χ2n) is 4.95. The second-order valence-corrected chi connectivity index (χ2v) is 6.75. The number of fused-ring (bicyclic) bond motifs is 1. The van der Waals surface area contributed by atoms with E-state index in [0.29, 0.717) is 22.5 Å². The van der Waals surface area contributed by atoms with E-state index in [1.807, 2.05) is 0 Å². The molecule has 3 aromatic rings. The molecular formula is C15H12ClF2N3O3S. The lowest BCUT2D eigenvalue weighted by molar-refractivity contribution is -0.0964. The lowest BCUT2D eigenvalue weighted by Crippen LogP contribution is -2.15. The van der Waals surface area contributed by atoms with Crippen LogP contribution in [0.15, 0.2) is 41.7 Å². The molecule has 0 spiro atoms. The van der Waals surface area contributed by atoms with Crippen molar-refractivity contribution in [3.63, 3.8) is 0 Å². The molecule has 0 saturated carbocycles. The maximum Gasteiger partial charge on any atom is 0.487 e. The summed E-state index contributed by atoms with van der Waals surface area (Å²) < 4.78 is 47.2. The maximum atomic E-state index is 12.7. The van der Waals surface area contributed by atoms with Crippen molar-refractivity contribution in [1.29, 1.82) is 0 Å². The van der Waals surface area contributed by atoms with Crippen LogP contribution in [0.5, 0.6) is 11.5 Å². The molecule has 2 heterocycles. The van der Waals surface area contributed by atoms with Crippen LogP contribution in [0, 0.1) is 0 Å². The first kappa shape index (κ1) is 17.7. The molecule has 0 amide bonds. The molecule has 1 N–H and O–H groups in total. The van der Waals surface area contributed by atoms with E-state index in [4.69, 9.17) is 16.3 Å². The molecule has 0 bridgehead atoms. The Morgan fingerprint density at radius 2 is 2.08 bits per heavy atom. The quantitative estimate of drug-likeness (QED) is 0.517. The number of aromatic amines is 1. The number of nitrogens with one attached hydrogen (secondary N) is 1. The fourth-order valence-electron chi connectivity index (χ4n) is 2.13. The van der Waals surface area contributed by atoms with Crippen LogP contribution in [0.1, 0.15) is 5.69 Å². The topological polar surface area (TPSA) is 83.1 Å². The Balaban J connectivity index is 1.80. The van der Waals surface area contributed by atoms with Gasteiger partial charge in [0.1, 0.15) is 11.5 Å². The molecule has 0 saturated heterocycles. The van der Waals surface area contributed by atoms with Crippen molar-refractivity contribution in [2.45, 2.75) is 16.5 Å². The number of nitrogens with zero attached hydrogens (tertiary/aromatic N) is 2. The van der Waals surface area contributed by atoms with Crippen molar-refractivity contribution in [1.82, 2.24) is 15.0 Å². The van der Waals surface area contributed by atoms with Gasteiger partial charge in [0.15, 0.2) is 5.75 Å². The molecular weight excluding hydrogens is 376 g/mol. The number of halogens is 3. The first-order valence-electron chi connectivity index (χ1n) is 6.97. The lowest BCUT2D eigenvalue weighted by atomic mass is 10.3. The first-order valence-corrected chi connectivity index (χ1v) is 8.66. The summed E-state index contributed by atoms with van der Waals surface area (Å²) in [6.07, 6.45) is 1.56. The Morgan fingerprint density at radius 3 is 2.80 bits per heavy atom.